The van der Waals surface area contributed by atoms with Crippen molar-refractivity contribution in [1.29, 1.82) is 0 Å². The minimum absolute atomic E-state index is 0. The maximum atomic E-state index is 6.28. The van der Waals surface area contributed by atoms with Gasteiger partial charge in [-0.3, -0.25) is 9.89 Å². The number of aromatic nitrogens is 1. The second kappa shape index (κ2) is 10.6. The first kappa shape index (κ1) is 22.4. The number of nitrogens with one attached hydrogen (secondary N) is 2. The number of aliphatic imine (C=N–C) groups is 1. The maximum Gasteiger partial charge on any atom is 0.191 e. The lowest BCUT2D eigenvalue weighted by Crippen LogP contribution is -2.56. The molecule has 0 radical (unpaired) electrons. The first-order valence-electron chi connectivity index (χ1n) is 9.28. The van der Waals surface area contributed by atoms with Gasteiger partial charge in [0.25, 0.3) is 0 Å². The van der Waals surface area contributed by atoms with Crippen LogP contribution in [-0.2, 0) is 0 Å². The summed E-state index contributed by atoms with van der Waals surface area (Å²) in [5, 5.41) is 7.75. The molecule has 152 valence electrons. The Hall–Kier alpha value is -0.840. The first-order chi connectivity index (χ1) is 12.6. The number of guanidine groups is 1. The quantitative estimate of drug-likeness (QED) is 0.364. The fraction of sp³-hybridized carbons (Fsp3) is 0.667. The minimum Gasteiger partial charge on any atom is -0.355 e. The van der Waals surface area contributed by atoms with E-state index in [0.717, 1.165) is 57.5 Å². The van der Waals surface area contributed by atoms with Crippen molar-refractivity contribution < 1.29 is 0 Å². The molecule has 9 heteroatoms. The largest absolute Gasteiger partial charge is 0.355 e. The molecule has 1 aromatic rings. The summed E-state index contributed by atoms with van der Waals surface area (Å²) < 4.78 is 0. The molecule has 2 aliphatic heterocycles. The fourth-order valence-corrected chi connectivity index (χ4v) is 3.85. The van der Waals surface area contributed by atoms with Gasteiger partial charge in [-0.15, -0.1) is 24.0 Å². The average Bonchev–Trinajstić information content (AvgIpc) is 3.10. The van der Waals surface area contributed by atoms with Crippen LogP contribution in [0.25, 0.3) is 0 Å². The molecule has 2 N–H and O–H groups in total. The summed E-state index contributed by atoms with van der Waals surface area (Å²) in [4.78, 5) is 15.8. The average molecular weight is 508 g/mol. The third kappa shape index (κ3) is 6.07. The highest BCUT2D eigenvalue weighted by atomic mass is 127. The van der Waals surface area contributed by atoms with E-state index in [4.69, 9.17) is 11.6 Å². The number of hydrogen-bond donors (Lipinski definition) is 2. The number of halogens is 2. The first-order valence-corrected chi connectivity index (χ1v) is 9.66. The van der Waals surface area contributed by atoms with E-state index in [2.05, 4.69) is 49.4 Å². The van der Waals surface area contributed by atoms with Crippen molar-refractivity contribution in [2.75, 3.05) is 65.3 Å². The second-order valence-corrected chi connectivity index (χ2v) is 7.64. The second-order valence-electron chi connectivity index (χ2n) is 7.23. The van der Waals surface area contributed by atoms with Gasteiger partial charge in [-0.25, -0.2) is 4.98 Å². The molecule has 0 amide bonds. The number of hydrogen-bond acceptors (Lipinski definition) is 5. The Balaban J connectivity index is 0.00000261. The van der Waals surface area contributed by atoms with Crippen molar-refractivity contribution in [2.45, 2.75) is 18.5 Å². The third-order valence-corrected chi connectivity index (χ3v) is 5.57. The van der Waals surface area contributed by atoms with Crippen LogP contribution in [0, 0.1) is 0 Å². The summed E-state index contributed by atoms with van der Waals surface area (Å²) >= 11 is 6.28. The highest BCUT2D eigenvalue weighted by molar-refractivity contribution is 14.0. The summed E-state index contributed by atoms with van der Waals surface area (Å²) in [6.07, 6.45) is 2.83. The molecule has 27 heavy (non-hydrogen) atoms. The number of likely N-dealkylation sites (N-methyl/N-ethyl adjacent to an activating group) is 2. The van der Waals surface area contributed by atoms with Gasteiger partial charge in [0.15, 0.2) is 5.96 Å². The van der Waals surface area contributed by atoms with Gasteiger partial charge in [0.2, 0.25) is 0 Å². The van der Waals surface area contributed by atoms with Crippen LogP contribution in [0.2, 0.25) is 5.02 Å². The molecule has 0 aliphatic carbocycles. The van der Waals surface area contributed by atoms with Crippen LogP contribution in [-0.4, -0.2) is 93.2 Å². The molecule has 0 saturated carbocycles. The molecule has 0 bridgehead atoms. The van der Waals surface area contributed by atoms with Crippen molar-refractivity contribution in [1.82, 2.24) is 25.4 Å². The SMILES string of the molecule is CN=C(NCC1CN(C)CCN1C)NC1CCN(c2ncccc2Cl)C1.I. The van der Waals surface area contributed by atoms with Crippen LogP contribution in [0.1, 0.15) is 6.42 Å². The van der Waals surface area contributed by atoms with E-state index in [1.165, 1.54) is 0 Å². The van der Waals surface area contributed by atoms with Gasteiger partial charge in [-0.2, -0.15) is 0 Å². The Morgan fingerprint density at radius 3 is 2.85 bits per heavy atom. The Bertz CT molecular complexity index is 629. The van der Waals surface area contributed by atoms with Crippen LogP contribution in [0.5, 0.6) is 0 Å². The summed E-state index contributed by atoms with van der Waals surface area (Å²) in [5.41, 5.74) is 0. The zero-order valence-corrected chi connectivity index (χ0v) is 19.4. The lowest BCUT2D eigenvalue weighted by Gasteiger charge is -2.38. The van der Waals surface area contributed by atoms with Crippen LogP contribution < -0.4 is 15.5 Å². The number of anilines is 1. The van der Waals surface area contributed by atoms with E-state index in [9.17, 15) is 0 Å². The normalized spacial score (nSPS) is 24.6. The van der Waals surface area contributed by atoms with E-state index in [0.29, 0.717) is 17.1 Å². The van der Waals surface area contributed by atoms with E-state index in [1.54, 1.807) is 6.20 Å². The van der Waals surface area contributed by atoms with Gasteiger partial charge in [0, 0.05) is 64.6 Å². The molecule has 0 spiro atoms. The van der Waals surface area contributed by atoms with Gasteiger partial charge >= 0.3 is 0 Å². The molecule has 2 aliphatic rings. The van der Waals surface area contributed by atoms with E-state index >= 15 is 0 Å². The topological polar surface area (TPSA) is 59.0 Å². The Kier molecular flexibility index (Phi) is 8.84. The van der Waals surface area contributed by atoms with E-state index in [-0.39, 0.29) is 24.0 Å². The zero-order chi connectivity index (χ0) is 18.5. The van der Waals surface area contributed by atoms with Crippen molar-refractivity contribution >= 4 is 47.4 Å². The molecule has 2 saturated heterocycles. The molecule has 2 fully saturated rings. The third-order valence-electron chi connectivity index (χ3n) is 5.28. The van der Waals surface area contributed by atoms with Crippen LogP contribution in [0.3, 0.4) is 0 Å². The molecule has 7 nitrogen and oxygen atoms in total. The van der Waals surface area contributed by atoms with Crippen molar-refractivity contribution in [3.05, 3.63) is 23.4 Å². The molecule has 2 atom stereocenters. The smallest absolute Gasteiger partial charge is 0.191 e. The van der Waals surface area contributed by atoms with Crippen LogP contribution >= 0.6 is 35.6 Å². The van der Waals surface area contributed by atoms with Crippen molar-refractivity contribution in [3.8, 4) is 0 Å². The summed E-state index contributed by atoms with van der Waals surface area (Å²) in [5.74, 6) is 1.74. The molecular formula is C18H31ClIN7. The molecular weight excluding hydrogens is 477 g/mol. The van der Waals surface area contributed by atoms with Gasteiger partial charge in [0.05, 0.1) is 5.02 Å². The molecule has 1 aromatic heterocycles. The zero-order valence-electron chi connectivity index (χ0n) is 16.4. The fourth-order valence-electron chi connectivity index (χ4n) is 3.60. The Labute approximate surface area is 184 Å². The molecule has 3 rings (SSSR count). The molecule has 0 aromatic carbocycles. The van der Waals surface area contributed by atoms with Gasteiger partial charge in [0.1, 0.15) is 5.82 Å². The molecule has 2 unspecified atom stereocenters. The van der Waals surface area contributed by atoms with Crippen molar-refractivity contribution in [3.63, 3.8) is 0 Å². The summed E-state index contributed by atoms with van der Waals surface area (Å²) in [6.45, 7) is 6.04. The highest BCUT2D eigenvalue weighted by Gasteiger charge is 2.26. The van der Waals surface area contributed by atoms with Gasteiger partial charge in [-0.05, 0) is 32.6 Å². The summed E-state index contributed by atoms with van der Waals surface area (Å²) in [6, 6.07) is 4.59. The van der Waals surface area contributed by atoms with Crippen LogP contribution in [0.15, 0.2) is 23.3 Å². The Morgan fingerprint density at radius 2 is 2.11 bits per heavy atom. The number of piperazine rings is 1. The van der Waals surface area contributed by atoms with E-state index < -0.39 is 0 Å². The predicted molar refractivity (Wildman–Crippen MR) is 124 cm³/mol. The van der Waals surface area contributed by atoms with Crippen LogP contribution in [0.4, 0.5) is 5.82 Å². The summed E-state index contributed by atoms with van der Waals surface area (Å²) in [7, 11) is 6.21. The minimum atomic E-state index is 0. The Morgan fingerprint density at radius 1 is 1.30 bits per heavy atom. The van der Waals surface area contributed by atoms with Gasteiger partial charge < -0.3 is 20.4 Å². The standard InChI is InChI=1S/C18H30ClN7.HI/c1-20-18(22-11-15-13-24(2)9-10-25(15)3)23-14-6-8-26(12-14)17-16(19)5-4-7-21-17;/h4-5,7,14-15H,6,8-13H2,1-3H3,(H2,20,22,23);1H. The maximum absolute atomic E-state index is 6.28. The lowest BCUT2D eigenvalue weighted by atomic mass is 10.2. The van der Waals surface area contributed by atoms with E-state index in [1.807, 2.05) is 19.2 Å². The number of nitrogens with zero attached hydrogens (tertiary/aromatic N) is 5. The monoisotopic (exact) mass is 507 g/mol. The van der Waals surface area contributed by atoms with Gasteiger partial charge in [-0.1, -0.05) is 11.6 Å². The predicted octanol–water partition coefficient (Wildman–Crippen LogP) is 1.34. The number of rotatable bonds is 4. The molecule has 3 heterocycles. The number of pyridine rings is 1. The van der Waals surface area contributed by atoms with Crippen molar-refractivity contribution in [2.24, 2.45) is 4.99 Å². The lowest BCUT2D eigenvalue weighted by molar-refractivity contribution is 0.116. The highest BCUT2D eigenvalue weighted by Crippen LogP contribution is 2.25.